The van der Waals surface area contributed by atoms with Crippen LogP contribution in [0.2, 0.25) is 0 Å². The van der Waals surface area contributed by atoms with Crippen LogP contribution >= 0.6 is 11.3 Å². The summed E-state index contributed by atoms with van der Waals surface area (Å²) in [5.41, 5.74) is 1.76. The SMILES string of the molecule is CC(C)OCCOCc1cccc(NC(=O)NCc2cccs2)c1. The Bertz CT molecular complexity index is 614. The van der Waals surface area contributed by atoms with Gasteiger partial charge in [0.2, 0.25) is 0 Å². The van der Waals surface area contributed by atoms with Crippen LogP contribution in [0.1, 0.15) is 24.3 Å². The number of nitrogens with one attached hydrogen (secondary N) is 2. The van der Waals surface area contributed by atoms with Gasteiger partial charge in [-0.3, -0.25) is 0 Å². The molecule has 2 rings (SSSR count). The molecule has 0 saturated carbocycles. The number of thiophene rings is 1. The Balaban J connectivity index is 1.72. The fourth-order valence-corrected chi connectivity index (χ4v) is 2.67. The lowest BCUT2D eigenvalue weighted by Crippen LogP contribution is -2.27. The zero-order valence-corrected chi connectivity index (χ0v) is 14.9. The first-order chi connectivity index (χ1) is 11.6. The van der Waals surface area contributed by atoms with E-state index in [-0.39, 0.29) is 12.1 Å². The highest BCUT2D eigenvalue weighted by Crippen LogP contribution is 2.12. The van der Waals surface area contributed by atoms with E-state index in [4.69, 9.17) is 9.47 Å². The number of amides is 2. The molecule has 1 aromatic heterocycles. The van der Waals surface area contributed by atoms with Gasteiger partial charge in [-0.25, -0.2) is 4.79 Å². The van der Waals surface area contributed by atoms with Crippen molar-refractivity contribution < 1.29 is 14.3 Å². The fourth-order valence-electron chi connectivity index (χ4n) is 2.03. The van der Waals surface area contributed by atoms with Crippen LogP contribution in [-0.4, -0.2) is 25.3 Å². The smallest absolute Gasteiger partial charge is 0.319 e. The number of urea groups is 1. The molecule has 2 N–H and O–H groups in total. The average Bonchev–Trinajstić information content (AvgIpc) is 3.06. The number of ether oxygens (including phenoxy) is 2. The van der Waals surface area contributed by atoms with Gasteiger partial charge in [0.05, 0.1) is 32.5 Å². The first-order valence-corrected chi connectivity index (χ1v) is 8.87. The molecule has 6 heteroatoms. The first kappa shape index (κ1) is 18.4. The fraction of sp³-hybridized carbons (Fsp3) is 0.389. The van der Waals surface area contributed by atoms with E-state index in [2.05, 4.69) is 10.6 Å². The molecule has 130 valence electrons. The number of anilines is 1. The minimum absolute atomic E-state index is 0.216. The maximum atomic E-state index is 11.9. The summed E-state index contributed by atoms with van der Waals surface area (Å²) in [4.78, 5) is 13.0. The van der Waals surface area contributed by atoms with Crippen LogP contribution in [0.5, 0.6) is 0 Å². The highest BCUT2D eigenvalue weighted by Gasteiger charge is 2.03. The van der Waals surface area contributed by atoms with E-state index < -0.39 is 0 Å². The van der Waals surface area contributed by atoms with E-state index >= 15 is 0 Å². The molecule has 1 aromatic carbocycles. The third-order valence-corrected chi connectivity index (χ3v) is 4.01. The summed E-state index contributed by atoms with van der Waals surface area (Å²) >= 11 is 1.62. The summed E-state index contributed by atoms with van der Waals surface area (Å²) in [7, 11) is 0. The zero-order chi connectivity index (χ0) is 17.2. The van der Waals surface area contributed by atoms with Gasteiger partial charge in [-0.15, -0.1) is 11.3 Å². The van der Waals surface area contributed by atoms with Crippen molar-refractivity contribution >= 4 is 23.1 Å². The summed E-state index contributed by atoms with van der Waals surface area (Å²) < 4.78 is 11.0. The summed E-state index contributed by atoms with van der Waals surface area (Å²) in [6.07, 6.45) is 0.216. The van der Waals surface area contributed by atoms with Crippen molar-refractivity contribution in [3.63, 3.8) is 0 Å². The summed E-state index contributed by atoms with van der Waals surface area (Å²) in [5, 5.41) is 7.66. The number of carbonyl (C=O) groups excluding carboxylic acids is 1. The molecule has 1 heterocycles. The maximum absolute atomic E-state index is 11.9. The Labute approximate surface area is 147 Å². The van der Waals surface area contributed by atoms with Gasteiger partial charge in [-0.1, -0.05) is 18.2 Å². The molecule has 0 aliphatic carbocycles. The van der Waals surface area contributed by atoms with Crippen LogP contribution in [0.4, 0.5) is 10.5 Å². The Morgan fingerprint density at radius 1 is 1.21 bits per heavy atom. The molecule has 0 radical (unpaired) electrons. The van der Waals surface area contributed by atoms with Crippen molar-refractivity contribution in [1.82, 2.24) is 5.32 Å². The van der Waals surface area contributed by atoms with E-state index in [1.807, 2.05) is 55.6 Å². The number of benzene rings is 1. The van der Waals surface area contributed by atoms with Crippen molar-refractivity contribution in [3.8, 4) is 0 Å². The molecule has 0 atom stereocenters. The lowest BCUT2D eigenvalue weighted by atomic mass is 10.2. The maximum Gasteiger partial charge on any atom is 0.319 e. The molecule has 5 nitrogen and oxygen atoms in total. The highest BCUT2D eigenvalue weighted by atomic mass is 32.1. The number of rotatable bonds is 9. The molecule has 0 saturated heterocycles. The highest BCUT2D eigenvalue weighted by molar-refractivity contribution is 7.09. The van der Waals surface area contributed by atoms with Crippen LogP contribution in [-0.2, 0) is 22.6 Å². The Kier molecular flexibility index (Phi) is 7.74. The molecular weight excluding hydrogens is 324 g/mol. The van der Waals surface area contributed by atoms with Crippen molar-refractivity contribution in [3.05, 3.63) is 52.2 Å². The molecule has 24 heavy (non-hydrogen) atoms. The van der Waals surface area contributed by atoms with Gasteiger partial charge in [-0.05, 0) is 43.0 Å². The largest absolute Gasteiger partial charge is 0.376 e. The third kappa shape index (κ3) is 7.12. The lowest BCUT2D eigenvalue weighted by Gasteiger charge is -2.10. The molecule has 0 fully saturated rings. The minimum Gasteiger partial charge on any atom is -0.376 e. The minimum atomic E-state index is -0.216. The monoisotopic (exact) mass is 348 g/mol. The molecule has 0 bridgehead atoms. The van der Waals surface area contributed by atoms with Gasteiger partial charge in [0.25, 0.3) is 0 Å². The van der Waals surface area contributed by atoms with E-state index in [0.717, 1.165) is 16.1 Å². The average molecular weight is 348 g/mol. The Morgan fingerprint density at radius 3 is 2.83 bits per heavy atom. The first-order valence-electron chi connectivity index (χ1n) is 7.99. The molecular formula is C18H24N2O3S. The molecule has 2 amide bonds. The van der Waals surface area contributed by atoms with Crippen LogP contribution < -0.4 is 10.6 Å². The normalized spacial score (nSPS) is 10.8. The Morgan fingerprint density at radius 2 is 2.08 bits per heavy atom. The van der Waals surface area contributed by atoms with Crippen molar-refractivity contribution in [1.29, 1.82) is 0 Å². The van der Waals surface area contributed by atoms with Crippen LogP contribution in [0, 0.1) is 0 Å². The van der Waals surface area contributed by atoms with E-state index in [1.54, 1.807) is 11.3 Å². The zero-order valence-electron chi connectivity index (χ0n) is 14.1. The summed E-state index contributed by atoms with van der Waals surface area (Å²) in [5.74, 6) is 0. The van der Waals surface area contributed by atoms with Crippen molar-refractivity contribution in [2.75, 3.05) is 18.5 Å². The van der Waals surface area contributed by atoms with Crippen LogP contribution in [0.3, 0.4) is 0 Å². The predicted octanol–water partition coefficient (Wildman–Crippen LogP) is 4.01. The van der Waals surface area contributed by atoms with Crippen molar-refractivity contribution in [2.45, 2.75) is 33.1 Å². The van der Waals surface area contributed by atoms with Gasteiger partial charge in [0, 0.05) is 10.6 Å². The quantitative estimate of drug-likeness (QED) is 0.673. The predicted molar refractivity (Wildman–Crippen MR) is 97.4 cm³/mol. The van der Waals surface area contributed by atoms with Gasteiger partial charge in [-0.2, -0.15) is 0 Å². The van der Waals surface area contributed by atoms with Gasteiger partial charge in [0.15, 0.2) is 0 Å². The second-order valence-corrected chi connectivity index (χ2v) is 6.59. The number of hydrogen-bond donors (Lipinski definition) is 2. The van der Waals surface area contributed by atoms with Crippen LogP contribution in [0.15, 0.2) is 41.8 Å². The van der Waals surface area contributed by atoms with Gasteiger partial charge < -0.3 is 20.1 Å². The number of carbonyl (C=O) groups is 1. The third-order valence-electron chi connectivity index (χ3n) is 3.14. The van der Waals surface area contributed by atoms with Gasteiger partial charge in [0.1, 0.15) is 0 Å². The van der Waals surface area contributed by atoms with E-state index in [1.165, 1.54) is 0 Å². The lowest BCUT2D eigenvalue weighted by molar-refractivity contribution is 0.0143. The molecule has 0 aliphatic rings. The van der Waals surface area contributed by atoms with Gasteiger partial charge >= 0.3 is 6.03 Å². The molecule has 2 aromatic rings. The van der Waals surface area contributed by atoms with E-state index in [0.29, 0.717) is 26.4 Å². The number of hydrogen-bond acceptors (Lipinski definition) is 4. The standard InChI is InChI=1S/C18H24N2O3S/c1-14(2)23-9-8-22-13-15-5-3-6-16(11-15)20-18(21)19-12-17-7-4-10-24-17/h3-7,10-11,14H,8-9,12-13H2,1-2H3,(H2,19,20,21). The molecule has 0 unspecified atom stereocenters. The second kappa shape index (κ2) is 10.1. The topological polar surface area (TPSA) is 59.6 Å². The Hall–Kier alpha value is -1.89. The molecule has 0 spiro atoms. The van der Waals surface area contributed by atoms with E-state index in [9.17, 15) is 4.79 Å². The van der Waals surface area contributed by atoms with Crippen molar-refractivity contribution in [2.24, 2.45) is 0 Å². The van der Waals surface area contributed by atoms with Crippen LogP contribution in [0.25, 0.3) is 0 Å². The second-order valence-electron chi connectivity index (χ2n) is 5.56. The summed E-state index contributed by atoms with van der Waals surface area (Å²) in [6.45, 7) is 6.16. The molecule has 0 aliphatic heterocycles. The summed E-state index contributed by atoms with van der Waals surface area (Å²) in [6, 6.07) is 11.4.